The van der Waals surface area contributed by atoms with Crippen LogP contribution in [0.25, 0.3) is 0 Å². The van der Waals surface area contributed by atoms with Gasteiger partial charge in [-0.2, -0.15) is 0 Å². The van der Waals surface area contributed by atoms with Crippen molar-refractivity contribution < 1.29 is 9.47 Å². The molecule has 0 unspecified atom stereocenters. The van der Waals surface area contributed by atoms with Gasteiger partial charge in [-0.05, 0) is 56.4 Å². The van der Waals surface area contributed by atoms with Crippen LogP contribution >= 0.6 is 0 Å². The molecule has 0 bridgehead atoms. The largest absolute Gasteiger partial charge is 0.492 e. The third-order valence-corrected chi connectivity index (χ3v) is 6.67. The molecule has 0 N–H and O–H groups in total. The summed E-state index contributed by atoms with van der Waals surface area (Å²) in [5, 5.41) is 0. The Balaban J connectivity index is 1.28. The fourth-order valence-corrected chi connectivity index (χ4v) is 4.77. The first-order chi connectivity index (χ1) is 15.1. The second-order valence-corrected chi connectivity index (χ2v) is 8.46. The number of piperidine rings is 1. The highest BCUT2D eigenvalue weighted by Crippen LogP contribution is 2.43. The van der Waals surface area contributed by atoms with Crippen molar-refractivity contribution in [2.45, 2.75) is 45.3 Å². The molecule has 7 nitrogen and oxygen atoms in total. The number of ether oxygens (including phenoxy) is 2. The molecule has 5 rings (SSSR count). The molecule has 1 saturated heterocycles. The highest BCUT2D eigenvalue weighted by atomic mass is 16.5. The molecule has 0 aliphatic carbocycles. The van der Waals surface area contributed by atoms with E-state index in [9.17, 15) is 0 Å². The van der Waals surface area contributed by atoms with Gasteiger partial charge in [-0.1, -0.05) is 6.07 Å². The monoisotopic (exact) mass is 419 g/mol. The average Bonchev–Trinajstić information content (AvgIpc) is 3.30. The van der Waals surface area contributed by atoms with Crippen molar-refractivity contribution in [3.63, 3.8) is 0 Å². The van der Waals surface area contributed by atoms with E-state index in [0.29, 0.717) is 6.61 Å². The molecule has 0 amide bonds. The SMILES string of the molecule is Cc1ncnc(N2CCC3(CC2)OCCc2cc(OCCn4ccnc4)ccc23)c1C. The number of aryl methyl sites for hydroxylation is 1. The van der Waals surface area contributed by atoms with Gasteiger partial charge in [0.15, 0.2) is 0 Å². The standard InChI is InChI=1S/C24H29N5O2/c1-18-19(2)26-16-27-23(18)29-9-6-24(7-10-29)22-4-3-21(15-20(22)5-13-31-24)30-14-12-28-11-8-25-17-28/h3-4,8,11,15-17H,5-7,9-10,12-14H2,1-2H3. The molecular weight excluding hydrogens is 390 g/mol. The lowest BCUT2D eigenvalue weighted by atomic mass is 9.79. The summed E-state index contributed by atoms with van der Waals surface area (Å²) in [6.45, 7) is 8.19. The first-order valence-electron chi connectivity index (χ1n) is 11.0. The van der Waals surface area contributed by atoms with Crippen LogP contribution in [0.5, 0.6) is 5.75 Å². The number of benzene rings is 1. The maximum absolute atomic E-state index is 6.43. The molecule has 0 atom stereocenters. The third-order valence-electron chi connectivity index (χ3n) is 6.67. The van der Waals surface area contributed by atoms with E-state index in [1.807, 2.05) is 24.0 Å². The maximum Gasteiger partial charge on any atom is 0.135 e. The lowest BCUT2D eigenvalue weighted by Crippen LogP contribution is -2.47. The minimum atomic E-state index is -0.199. The van der Waals surface area contributed by atoms with Crippen molar-refractivity contribution in [1.29, 1.82) is 0 Å². The van der Waals surface area contributed by atoms with E-state index in [1.165, 1.54) is 16.7 Å². The van der Waals surface area contributed by atoms with Gasteiger partial charge in [-0.3, -0.25) is 0 Å². The summed E-state index contributed by atoms with van der Waals surface area (Å²) in [4.78, 5) is 15.3. The van der Waals surface area contributed by atoms with Gasteiger partial charge in [0.2, 0.25) is 0 Å². The minimum absolute atomic E-state index is 0.199. The fourth-order valence-electron chi connectivity index (χ4n) is 4.77. The molecule has 7 heteroatoms. The number of hydrogen-bond acceptors (Lipinski definition) is 6. The van der Waals surface area contributed by atoms with Crippen LogP contribution in [-0.2, 0) is 23.3 Å². The first kappa shape index (κ1) is 20.0. The van der Waals surface area contributed by atoms with E-state index >= 15 is 0 Å². The molecule has 2 aliphatic heterocycles. The van der Waals surface area contributed by atoms with Crippen LogP contribution in [0.2, 0.25) is 0 Å². The molecule has 4 heterocycles. The van der Waals surface area contributed by atoms with Gasteiger partial charge in [-0.15, -0.1) is 0 Å². The van der Waals surface area contributed by atoms with Crippen molar-refractivity contribution in [3.8, 4) is 5.75 Å². The van der Waals surface area contributed by atoms with E-state index in [4.69, 9.17) is 9.47 Å². The van der Waals surface area contributed by atoms with Crippen LogP contribution < -0.4 is 9.64 Å². The number of rotatable bonds is 5. The van der Waals surface area contributed by atoms with Crippen LogP contribution in [0.3, 0.4) is 0 Å². The Kier molecular flexibility index (Phi) is 5.36. The molecule has 0 radical (unpaired) electrons. The quantitative estimate of drug-likeness (QED) is 0.631. The zero-order valence-corrected chi connectivity index (χ0v) is 18.3. The van der Waals surface area contributed by atoms with E-state index < -0.39 is 0 Å². The second-order valence-electron chi connectivity index (χ2n) is 8.46. The minimum Gasteiger partial charge on any atom is -0.492 e. The van der Waals surface area contributed by atoms with Crippen LogP contribution in [0.15, 0.2) is 43.2 Å². The Morgan fingerprint density at radius 1 is 1.16 bits per heavy atom. The van der Waals surface area contributed by atoms with Crippen LogP contribution in [0.4, 0.5) is 5.82 Å². The highest BCUT2D eigenvalue weighted by molar-refractivity contribution is 5.49. The number of fused-ring (bicyclic) bond motifs is 2. The summed E-state index contributed by atoms with van der Waals surface area (Å²) in [6, 6.07) is 6.52. The Bertz CT molecular complexity index is 1040. The van der Waals surface area contributed by atoms with Gasteiger partial charge in [0.1, 0.15) is 24.5 Å². The average molecular weight is 420 g/mol. The van der Waals surface area contributed by atoms with Crippen molar-refractivity contribution in [3.05, 3.63) is 65.6 Å². The molecule has 31 heavy (non-hydrogen) atoms. The molecule has 162 valence electrons. The van der Waals surface area contributed by atoms with Gasteiger partial charge in [-0.25, -0.2) is 15.0 Å². The predicted molar refractivity (Wildman–Crippen MR) is 118 cm³/mol. The number of aromatic nitrogens is 4. The summed E-state index contributed by atoms with van der Waals surface area (Å²) in [6.07, 6.45) is 10.1. The van der Waals surface area contributed by atoms with E-state index in [0.717, 1.165) is 62.8 Å². The van der Waals surface area contributed by atoms with E-state index in [1.54, 1.807) is 12.5 Å². The molecule has 2 aromatic heterocycles. The van der Waals surface area contributed by atoms with Crippen LogP contribution in [0, 0.1) is 13.8 Å². The number of hydrogen-bond donors (Lipinski definition) is 0. The van der Waals surface area contributed by atoms with Gasteiger partial charge in [0, 0.05) is 36.7 Å². The number of nitrogens with zero attached hydrogens (tertiary/aromatic N) is 5. The molecular formula is C24H29N5O2. The lowest BCUT2D eigenvalue weighted by Gasteiger charge is -2.45. The van der Waals surface area contributed by atoms with Gasteiger partial charge in [0.05, 0.1) is 25.1 Å². The van der Waals surface area contributed by atoms with Gasteiger partial charge >= 0.3 is 0 Å². The second kappa shape index (κ2) is 8.30. The zero-order chi connectivity index (χ0) is 21.3. The highest BCUT2D eigenvalue weighted by Gasteiger charge is 2.41. The van der Waals surface area contributed by atoms with Gasteiger partial charge in [0.25, 0.3) is 0 Å². The Morgan fingerprint density at radius 3 is 2.84 bits per heavy atom. The van der Waals surface area contributed by atoms with Crippen molar-refractivity contribution in [2.24, 2.45) is 0 Å². The summed E-state index contributed by atoms with van der Waals surface area (Å²) in [5.74, 6) is 1.99. The van der Waals surface area contributed by atoms with Crippen molar-refractivity contribution >= 4 is 5.82 Å². The summed E-state index contributed by atoms with van der Waals surface area (Å²) >= 11 is 0. The Hall–Kier alpha value is -2.93. The molecule has 2 aliphatic rings. The first-order valence-corrected chi connectivity index (χ1v) is 11.0. The Labute approximate surface area is 183 Å². The van der Waals surface area contributed by atoms with Crippen LogP contribution in [-0.4, -0.2) is 45.8 Å². The zero-order valence-electron chi connectivity index (χ0n) is 18.3. The number of anilines is 1. The predicted octanol–water partition coefficient (Wildman–Crippen LogP) is 3.44. The smallest absolute Gasteiger partial charge is 0.135 e. The molecule has 0 saturated carbocycles. The van der Waals surface area contributed by atoms with Crippen molar-refractivity contribution in [1.82, 2.24) is 19.5 Å². The number of imidazole rings is 1. The molecule has 1 spiro atoms. The third kappa shape index (κ3) is 3.90. The van der Waals surface area contributed by atoms with Crippen LogP contribution in [0.1, 0.15) is 35.2 Å². The summed E-state index contributed by atoms with van der Waals surface area (Å²) in [5.41, 5.74) is 4.70. The normalized spacial score (nSPS) is 17.5. The Morgan fingerprint density at radius 2 is 2.03 bits per heavy atom. The molecule has 1 aromatic carbocycles. The maximum atomic E-state index is 6.43. The summed E-state index contributed by atoms with van der Waals surface area (Å²) < 4.78 is 14.5. The van der Waals surface area contributed by atoms with Gasteiger partial charge < -0.3 is 18.9 Å². The topological polar surface area (TPSA) is 65.3 Å². The summed E-state index contributed by atoms with van der Waals surface area (Å²) in [7, 11) is 0. The molecule has 3 aromatic rings. The lowest BCUT2D eigenvalue weighted by molar-refractivity contribution is -0.0767. The van der Waals surface area contributed by atoms with E-state index in [2.05, 4.69) is 45.0 Å². The van der Waals surface area contributed by atoms with Crippen molar-refractivity contribution in [2.75, 3.05) is 31.2 Å². The molecule has 1 fully saturated rings. The fraction of sp³-hybridized carbons (Fsp3) is 0.458. The van der Waals surface area contributed by atoms with E-state index in [-0.39, 0.29) is 5.60 Å².